The van der Waals surface area contributed by atoms with Gasteiger partial charge in [0.15, 0.2) is 0 Å². The molecule has 0 amide bonds. The molecule has 5 heteroatoms. The third-order valence-corrected chi connectivity index (χ3v) is 4.22. The van der Waals surface area contributed by atoms with Crippen molar-refractivity contribution in [3.8, 4) is 11.5 Å². The first-order chi connectivity index (χ1) is 12.3. The molecule has 3 rings (SSSR count). The fraction of sp³-hybridized carbons (Fsp3) is 0.300. The van der Waals surface area contributed by atoms with Gasteiger partial charge in [0.1, 0.15) is 11.5 Å². The van der Waals surface area contributed by atoms with Crippen LogP contribution in [0.3, 0.4) is 0 Å². The van der Waals surface area contributed by atoms with E-state index in [9.17, 15) is 0 Å². The van der Waals surface area contributed by atoms with Crippen LogP contribution in [0.15, 0.2) is 42.5 Å². The minimum absolute atomic E-state index is 0.0823. The zero-order chi connectivity index (χ0) is 17.6. The minimum atomic E-state index is 0.0823. The van der Waals surface area contributed by atoms with Gasteiger partial charge in [-0.1, -0.05) is 35.9 Å². The van der Waals surface area contributed by atoms with Gasteiger partial charge in [0.2, 0.25) is 0 Å². The second-order valence-electron chi connectivity index (χ2n) is 5.74. The van der Waals surface area contributed by atoms with Gasteiger partial charge in [-0.25, -0.2) is 0 Å². The molecule has 0 aliphatic heterocycles. The van der Waals surface area contributed by atoms with Crippen LogP contribution in [0.25, 0.3) is 21.5 Å². The molecule has 0 bridgehead atoms. The van der Waals surface area contributed by atoms with E-state index in [4.69, 9.17) is 31.3 Å². The molecule has 0 saturated carbocycles. The maximum Gasteiger partial charge on any atom is 0.135 e. The Morgan fingerprint density at radius 1 is 0.720 bits per heavy atom. The minimum Gasteiger partial charge on any atom is -0.492 e. The molecule has 0 aromatic heterocycles. The molecular weight excluding hydrogens is 340 g/mol. The Morgan fingerprint density at radius 3 is 1.80 bits per heavy atom. The molecule has 0 aliphatic rings. The van der Waals surface area contributed by atoms with Crippen molar-refractivity contribution in [3.63, 3.8) is 0 Å². The Balaban J connectivity index is 2.21. The van der Waals surface area contributed by atoms with Gasteiger partial charge in [-0.05, 0) is 18.2 Å². The molecule has 4 nitrogen and oxygen atoms in total. The number of rotatable bonds is 8. The van der Waals surface area contributed by atoms with Crippen molar-refractivity contribution >= 4 is 33.1 Å². The van der Waals surface area contributed by atoms with Gasteiger partial charge >= 0.3 is 0 Å². The molecule has 0 saturated heterocycles. The molecule has 3 aromatic carbocycles. The summed E-state index contributed by atoms with van der Waals surface area (Å²) in [6.45, 7) is 1.03. The Morgan fingerprint density at radius 2 is 1.24 bits per heavy atom. The third-order valence-electron chi connectivity index (χ3n) is 3.98. The summed E-state index contributed by atoms with van der Waals surface area (Å²) in [6.07, 6.45) is 1.13. The monoisotopic (exact) mass is 360 g/mol. The fourth-order valence-corrected chi connectivity index (χ4v) is 3.03. The van der Waals surface area contributed by atoms with Gasteiger partial charge in [0.25, 0.3) is 0 Å². The van der Waals surface area contributed by atoms with E-state index in [1.807, 2.05) is 42.5 Å². The molecule has 3 aromatic rings. The standard InChI is InChI=1S/C20H21ClO4/c21-14-7-8-17-18(13-14)20(25-12-4-10-23)16-6-2-1-5-15(16)19(17)24-11-3-9-22/h1-2,5-8,13,22-23H,3-4,9-12H2. The molecule has 0 radical (unpaired) electrons. The lowest BCUT2D eigenvalue weighted by Gasteiger charge is -2.18. The zero-order valence-corrected chi connectivity index (χ0v) is 14.6. The maximum absolute atomic E-state index is 9.04. The van der Waals surface area contributed by atoms with Gasteiger partial charge in [-0.2, -0.15) is 0 Å². The first-order valence-corrected chi connectivity index (χ1v) is 8.75. The van der Waals surface area contributed by atoms with E-state index in [1.165, 1.54) is 0 Å². The van der Waals surface area contributed by atoms with Crippen LogP contribution in [0, 0.1) is 0 Å². The highest BCUT2D eigenvalue weighted by molar-refractivity contribution is 6.31. The van der Waals surface area contributed by atoms with E-state index in [2.05, 4.69) is 0 Å². The molecule has 0 heterocycles. The highest BCUT2D eigenvalue weighted by Gasteiger charge is 2.16. The Bertz CT molecular complexity index is 863. The Hall–Kier alpha value is -2.01. The van der Waals surface area contributed by atoms with Crippen LogP contribution in [-0.4, -0.2) is 36.6 Å². The number of hydrogen-bond acceptors (Lipinski definition) is 4. The molecule has 0 spiro atoms. The number of fused-ring (bicyclic) bond motifs is 2. The number of halogens is 1. The van der Waals surface area contributed by atoms with Gasteiger partial charge in [-0.3, -0.25) is 0 Å². The topological polar surface area (TPSA) is 58.9 Å². The lowest BCUT2D eigenvalue weighted by atomic mass is 10.0. The van der Waals surface area contributed by atoms with E-state index in [-0.39, 0.29) is 13.2 Å². The number of aliphatic hydroxyl groups excluding tert-OH is 2. The average Bonchev–Trinajstić information content (AvgIpc) is 2.63. The summed E-state index contributed by atoms with van der Waals surface area (Å²) >= 11 is 6.21. The van der Waals surface area contributed by atoms with E-state index in [0.29, 0.717) is 31.1 Å². The summed E-state index contributed by atoms with van der Waals surface area (Å²) in [7, 11) is 0. The average molecular weight is 361 g/mol. The van der Waals surface area contributed by atoms with E-state index in [0.717, 1.165) is 33.0 Å². The summed E-state index contributed by atoms with van der Waals surface area (Å²) in [5.74, 6) is 1.52. The van der Waals surface area contributed by atoms with Crippen molar-refractivity contribution < 1.29 is 19.7 Å². The Kier molecular flexibility index (Phi) is 5.97. The summed E-state index contributed by atoms with van der Waals surface area (Å²) in [5.41, 5.74) is 0. The lowest BCUT2D eigenvalue weighted by molar-refractivity contribution is 0.234. The fourth-order valence-electron chi connectivity index (χ4n) is 2.86. The van der Waals surface area contributed by atoms with Gasteiger partial charge in [-0.15, -0.1) is 0 Å². The molecule has 132 valence electrons. The highest BCUT2D eigenvalue weighted by Crippen LogP contribution is 2.43. The van der Waals surface area contributed by atoms with Crippen LogP contribution in [0.1, 0.15) is 12.8 Å². The van der Waals surface area contributed by atoms with Gasteiger partial charge in [0.05, 0.1) is 13.2 Å². The summed E-state index contributed by atoms with van der Waals surface area (Å²) in [4.78, 5) is 0. The molecule has 0 fully saturated rings. The van der Waals surface area contributed by atoms with E-state index in [1.54, 1.807) is 0 Å². The molecule has 0 aliphatic carbocycles. The number of hydrogen-bond donors (Lipinski definition) is 2. The first kappa shape index (κ1) is 17.8. The SMILES string of the molecule is OCCCOc1c2ccccc2c(OCCCO)c2cc(Cl)ccc12. The van der Waals surface area contributed by atoms with Crippen molar-refractivity contribution in [1.29, 1.82) is 0 Å². The smallest absolute Gasteiger partial charge is 0.135 e. The summed E-state index contributed by atoms with van der Waals surface area (Å²) in [6, 6.07) is 13.5. The molecule has 2 N–H and O–H groups in total. The van der Waals surface area contributed by atoms with Gasteiger partial charge in [0, 0.05) is 52.6 Å². The maximum atomic E-state index is 9.04. The van der Waals surface area contributed by atoms with Crippen LogP contribution in [0.4, 0.5) is 0 Å². The van der Waals surface area contributed by atoms with Crippen LogP contribution in [-0.2, 0) is 0 Å². The molecule has 0 unspecified atom stereocenters. The predicted octanol–water partition coefficient (Wildman–Crippen LogP) is 4.17. The molecular formula is C20H21ClO4. The summed E-state index contributed by atoms with van der Waals surface area (Å²) < 4.78 is 12.0. The van der Waals surface area contributed by atoms with Crippen molar-refractivity contribution in [1.82, 2.24) is 0 Å². The Labute approximate surface area is 151 Å². The normalized spacial score (nSPS) is 11.2. The molecule has 0 atom stereocenters. The lowest BCUT2D eigenvalue weighted by Crippen LogP contribution is -2.04. The van der Waals surface area contributed by atoms with Gasteiger partial charge < -0.3 is 19.7 Å². The second-order valence-corrected chi connectivity index (χ2v) is 6.18. The van der Waals surface area contributed by atoms with Crippen molar-refractivity contribution in [2.45, 2.75) is 12.8 Å². The van der Waals surface area contributed by atoms with Crippen molar-refractivity contribution in [3.05, 3.63) is 47.5 Å². The second kappa shape index (κ2) is 8.39. The predicted molar refractivity (Wildman–Crippen MR) is 101 cm³/mol. The van der Waals surface area contributed by atoms with Crippen molar-refractivity contribution in [2.24, 2.45) is 0 Å². The van der Waals surface area contributed by atoms with Crippen LogP contribution < -0.4 is 9.47 Å². The first-order valence-electron chi connectivity index (χ1n) is 8.37. The quantitative estimate of drug-likeness (QED) is 0.467. The third kappa shape index (κ3) is 3.82. The van der Waals surface area contributed by atoms with Crippen LogP contribution in [0.2, 0.25) is 5.02 Å². The van der Waals surface area contributed by atoms with Crippen LogP contribution >= 0.6 is 11.6 Å². The molecule has 25 heavy (non-hydrogen) atoms. The highest BCUT2D eigenvalue weighted by atomic mass is 35.5. The summed E-state index contributed by atoms with van der Waals surface area (Å²) in [5, 5.41) is 22.4. The van der Waals surface area contributed by atoms with Crippen molar-refractivity contribution in [2.75, 3.05) is 26.4 Å². The van der Waals surface area contributed by atoms with E-state index >= 15 is 0 Å². The number of ether oxygens (including phenoxy) is 2. The van der Waals surface area contributed by atoms with E-state index < -0.39 is 0 Å². The number of benzene rings is 3. The zero-order valence-electron chi connectivity index (χ0n) is 13.9. The number of aliphatic hydroxyl groups is 2. The largest absolute Gasteiger partial charge is 0.492 e. The van der Waals surface area contributed by atoms with Crippen LogP contribution in [0.5, 0.6) is 11.5 Å².